The summed E-state index contributed by atoms with van der Waals surface area (Å²) in [7, 11) is 0. The predicted octanol–water partition coefficient (Wildman–Crippen LogP) is 4.73. The Morgan fingerprint density at radius 1 is 1.18 bits per heavy atom. The molecular formula is C25H26N4O4S. The molecule has 0 saturated heterocycles. The average molecular weight is 479 g/mol. The topological polar surface area (TPSA) is 99.2 Å². The van der Waals surface area contributed by atoms with Crippen LogP contribution in [-0.2, 0) is 9.53 Å². The van der Waals surface area contributed by atoms with Gasteiger partial charge in [0.1, 0.15) is 5.69 Å². The molecule has 0 bridgehead atoms. The number of furan rings is 1. The van der Waals surface area contributed by atoms with Crippen molar-refractivity contribution in [2.75, 3.05) is 18.9 Å². The highest BCUT2D eigenvalue weighted by molar-refractivity contribution is 7.99. The van der Waals surface area contributed by atoms with Crippen LogP contribution in [-0.4, -0.2) is 45.5 Å². The Labute approximate surface area is 201 Å². The molecule has 4 rings (SSSR count). The molecule has 0 aliphatic heterocycles. The normalized spacial score (nSPS) is 11.1. The number of hydrogen-bond acceptors (Lipinski definition) is 7. The maximum atomic E-state index is 12.9. The lowest BCUT2D eigenvalue weighted by molar-refractivity contribution is -0.124. The summed E-state index contributed by atoms with van der Waals surface area (Å²) in [6.45, 7) is 4.12. The zero-order valence-electron chi connectivity index (χ0n) is 19.1. The lowest BCUT2D eigenvalue weighted by atomic mass is 10.1. The molecule has 1 aromatic carbocycles. The van der Waals surface area contributed by atoms with E-state index < -0.39 is 5.97 Å². The summed E-state index contributed by atoms with van der Waals surface area (Å²) < 4.78 is 12.5. The number of amides is 1. The van der Waals surface area contributed by atoms with Crippen LogP contribution in [0.2, 0.25) is 0 Å². The maximum absolute atomic E-state index is 12.9. The summed E-state index contributed by atoms with van der Waals surface area (Å²) in [6.07, 6.45) is 3.95. The number of nitrogens with one attached hydrogen (secondary N) is 1. The first kappa shape index (κ1) is 23.6. The largest absolute Gasteiger partial charge is 0.463 e. The molecule has 34 heavy (non-hydrogen) atoms. The van der Waals surface area contributed by atoms with Crippen molar-refractivity contribution in [1.82, 2.24) is 20.1 Å². The summed E-state index contributed by atoms with van der Waals surface area (Å²) in [4.78, 5) is 30.9. The second-order valence-corrected chi connectivity index (χ2v) is 9.06. The number of hydrogen-bond donors (Lipinski definition) is 1. The van der Waals surface area contributed by atoms with Crippen LogP contribution in [0.4, 0.5) is 0 Å². The van der Waals surface area contributed by atoms with Gasteiger partial charge in [0.15, 0.2) is 18.0 Å². The van der Waals surface area contributed by atoms with E-state index in [9.17, 15) is 9.59 Å². The smallest absolute Gasteiger partial charge is 0.339 e. The SMILES string of the molecule is CC(C)n1ncc2c(C(=O)OCC(=O)NCCCSc3ccccc3)cc(-c3ccco3)nc21. The average Bonchev–Trinajstić information content (AvgIpc) is 3.52. The van der Waals surface area contributed by atoms with Crippen LogP contribution >= 0.6 is 11.8 Å². The minimum Gasteiger partial charge on any atom is -0.463 e. The zero-order valence-corrected chi connectivity index (χ0v) is 19.9. The molecule has 176 valence electrons. The Kier molecular flexibility index (Phi) is 7.64. The van der Waals surface area contributed by atoms with Gasteiger partial charge in [-0.15, -0.1) is 11.8 Å². The van der Waals surface area contributed by atoms with E-state index in [0.717, 1.165) is 12.2 Å². The van der Waals surface area contributed by atoms with Gasteiger partial charge in [-0.1, -0.05) is 18.2 Å². The van der Waals surface area contributed by atoms with Gasteiger partial charge in [-0.05, 0) is 56.4 Å². The maximum Gasteiger partial charge on any atom is 0.339 e. The van der Waals surface area contributed by atoms with Crippen molar-refractivity contribution in [2.24, 2.45) is 0 Å². The van der Waals surface area contributed by atoms with Crippen LogP contribution in [0.25, 0.3) is 22.5 Å². The molecule has 9 heteroatoms. The zero-order chi connectivity index (χ0) is 23.9. The van der Waals surface area contributed by atoms with E-state index in [1.54, 1.807) is 47.1 Å². The Morgan fingerprint density at radius 2 is 2.00 bits per heavy atom. The summed E-state index contributed by atoms with van der Waals surface area (Å²) in [5, 5.41) is 7.72. The van der Waals surface area contributed by atoms with E-state index in [-0.39, 0.29) is 24.1 Å². The molecule has 0 spiro atoms. The van der Waals surface area contributed by atoms with Crippen molar-refractivity contribution < 1.29 is 18.7 Å². The quantitative estimate of drug-likeness (QED) is 0.200. The molecule has 3 heterocycles. The molecule has 0 aliphatic carbocycles. The number of rotatable bonds is 10. The van der Waals surface area contributed by atoms with E-state index >= 15 is 0 Å². The highest BCUT2D eigenvalue weighted by Crippen LogP contribution is 2.27. The van der Waals surface area contributed by atoms with Crippen LogP contribution in [0.15, 0.2) is 70.3 Å². The van der Waals surface area contributed by atoms with Crippen LogP contribution in [0.1, 0.15) is 36.7 Å². The molecule has 0 radical (unpaired) electrons. The number of benzene rings is 1. The molecule has 0 fully saturated rings. The number of ether oxygens (including phenoxy) is 1. The fourth-order valence-corrected chi connectivity index (χ4v) is 4.26. The summed E-state index contributed by atoms with van der Waals surface area (Å²) in [6, 6.07) is 15.3. The van der Waals surface area contributed by atoms with Gasteiger partial charge in [0, 0.05) is 17.5 Å². The molecule has 4 aromatic rings. The summed E-state index contributed by atoms with van der Waals surface area (Å²) in [5.41, 5.74) is 1.33. The Hall–Kier alpha value is -3.59. The fraction of sp³-hybridized carbons (Fsp3) is 0.280. The molecule has 3 aromatic heterocycles. The van der Waals surface area contributed by atoms with Gasteiger partial charge in [-0.2, -0.15) is 5.10 Å². The number of carbonyl (C=O) groups excluding carboxylic acids is 2. The molecular weight excluding hydrogens is 452 g/mol. The molecule has 1 N–H and O–H groups in total. The number of carbonyl (C=O) groups is 2. The van der Waals surface area contributed by atoms with Crippen molar-refractivity contribution >= 4 is 34.7 Å². The van der Waals surface area contributed by atoms with Crippen LogP contribution in [0.5, 0.6) is 0 Å². The van der Waals surface area contributed by atoms with E-state index in [0.29, 0.717) is 29.0 Å². The van der Waals surface area contributed by atoms with Crippen molar-refractivity contribution in [3.8, 4) is 11.5 Å². The Balaban J connectivity index is 1.36. The van der Waals surface area contributed by atoms with E-state index in [1.807, 2.05) is 32.0 Å². The number of esters is 1. The van der Waals surface area contributed by atoms with Gasteiger partial charge in [0.2, 0.25) is 0 Å². The lowest BCUT2D eigenvalue weighted by Crippen LogP contribution is -2.29. The molecule has 0 unspecified atom stereocenters. The molecule has 8 nitrogen and oxygen atoms in total. The third kappa shape index (κ3) is 5.66. The van der Waals surface area contributed by atoms with Crippen molar-refractivity contribution in [3.05, 3.63) is 66.6 Å². The second-order valence-electron chi connectivity index (χ2n) is 7.89. The van der Waals surface area contributed by atoms with Crippen LogP contribution in [0.3, 0.4) is 0 Å². The van der Waals surface area contributed by atoms with Gasteiger partial charge in [-0.3, -0.25) is 4.79 Å². The third-order valence-electron chi connectivity index (χ3n) is 5.04. The standard InChI is InChI=1S/C25H26N4O4S/c1-17(2)29-24-20(15-27-29)19(14-21(28-24)22-10-6-12-32-22)25(31)33-16-23(30)26-11-7-13-34-18-8-4-3-5-9-18/h3-6,8-10,12,14-15,17H,7,11,13,16H2,1-2H3,(H,26,30). The van der Waals surface area contributed by atoms with Gasteiger partial charge in [0.25, 0.3) is 5.91 Å². The lowest BCUT2D eigenvalue weighted by Gasteiger charge is -2.10. The fourth-order valence-electron chi connectivity index (χ4n) is 3.38. The molecule has 0 atom stereocenters. The number of thioether (sulfide) groups is 1. The van der Waals surface area contributed by atoms with Gasteiger partial charge in [0.05, 0.1) is 23.4 Å². The van der Waals surface area contributed by atoms with Crippen molar-refractivity contribution in [3.63, 3.8) is 0 Å². The number of nitrogens with zero attached hydrogens (tertiary/aromatic N) is 3. The Bertz CT molecular complexity index is 1250. The van der Waals surface area contributed by atoms with Crippen LogP contribution in [0, 0.1) is 0 Å². The first-order valence-electron chi connectivity index (χ1n) is 11.1. The van der Waals surface area contributed by atoms with Crippen molar-refractivity contribution in [2.45, 2.75) is 31.2 Å². The first-order chi connectivity index (χ1) is 16.5. The van der Waals surface area contributed by atoms with Gasteiger partial charge in [-0.25, -0.2) is 14.5 Å². The molecule has 0 saturated carbocycles. The minimum atomic E-state index is -0.613. The minimum absolute atomic E-state index is 0.0477. The van der Waals surface area contributed by atoms with Crippen molar-refractivity contribution in [1.29, 1.82) is 0 Å². The van der Waals surface area contributed by atoms with Crippen LogP contribution < -0.4 is 5.32 Å². The number of aromatic nitrogens is 3. The van der Waals surface area contributed by atoms with Gasteiger partial charge >= 0.3 is 5.97 Å². The first-order valence-corrected chi connectivity index (χ1v) is 12.1. The summed E-state index contributed by atoms with van der Waals surface area (Å²) >= 11 is 1.73. The highest BCUT2D eigenvalue weighted by atomic mass is 32.2. The predicted molar refractivity (Wildman–Crippen MR) is 131 cm³/mol. The second kappa shape index (κ2) is 11.0. The van der Waals surface area contributed by atoms with E-state index in [1.165, 1.54) is 4.90 Å². The van der Waals surface area contributed by atoms with Gasteiger partial charge < -0.3 is 14.5 Å². The van der Waals surface area contributed by atoms with E-state index in [2.05, 4.69) is 27.5 Å². The molecule has 1 amide bonds. The number of pyridine rings is 1. The highest BCUT2D eigenvalue weighted by Gasteiger charge is 2.21. The molecule has 0 aliphatic rings. The summed E-state index contributed by atoms with van der Waals surface area (Å²) in [5.74, 6) is 0.457. The monoisotopic (exact) mass is 478 g/mol. The van der Waals surface area contributed by atoms with E-state index in [4.69, 9.17) is 9.15 Å². The Morgan fingerprint density at radius 3 is 2.74 bits per heavy atom. The number of fused-ring (bicyclic) bond motifs is 1. The third-order valence-corrected chi connectivity index (χ3v) is 6.14.